The topological polar surface area (TPSA) is 87.1 Å². The Morgan fingerprint density at radius 2 is 1.78 bits per heavy atom. The summed E-state index contributed by atoms with van der Waals surface area (Å²) < 4.78 is 6.65. The van der Waals surface area contributed by atoms with Gasteiger partial charge in [0.2, 0.25) is 0 Å². The van der Waals surface area contributed by atoms with Crippen molar-refractivity contribution in [1.82, 2.24) is 4.90 Å². The second-order valence-corrected chi connectivity index (χ2v) is 7.59. The Labute approximate surface area is 161 Å². The van der Waals surface area contributed by atoms with Crippen LogP contribution in [-0.4, -0.2) is 58.4 Å². The molecule has 6 nitrogen and oxygen atoms in total. The Morgan fingerprint density at radius 1 is 1.11 bits per heavy atom. The highest BCUT2D eigenvalue weighted by atomic mass is 16.5. The number of aliphatic carboxylic acids is 2. The number of fused-ring (bicyclic) bond motifs is 3. The molecule has 0 aromatic rings. The predicted octanol–water partition coefficient (Wildman–Crippen LogP) is 3.33. The molecule has 27 heavy (non-hydrogen) atoms. The second-order valence-electron chi connectivity index (χ2n) is 7.59. The van der Waals surface area contributed by atoms with E-state index in [-0.39, 0.29) is 5.60 Å². The van der Waals surface area contributed by atoms with Crippen molar-refractivity contribution in [2.45, 2.75) is 64.1 Å². The van der Waals surface area contributed by atoms with Crippen LogP contribution in [0.4, 0.5) is 0 Å². The van der Waals surface area contributed by atoms with Gasteiger partial charge in [-0.15, -0.1) is 0 Å². The number of nitrogens with zero attached hydrogens (tertiary/aromatic N) is 1. The number of carbonyl (C=O) groups is 2. The molecule has 1 saturated heterocycles. The Hall–Kier alpha value is -1.66. The van der Waals surface area contributed by atoms with Gasteiger partial charge in [-0.05, 0) is 51.2 Å². The fourth-order valence-electron chi connectivity index (χ4n) is 4.79. The van der Waals surface area contributed by atoms with Crippen LogP contribution in [0.5, 0.6) is 0 Å². The summed E-state index contributed by atoms with van der Waals surface area (Å²) in [4.78, 5) is 20.7. The van der Waals surface area contributed by atoms with Gasteiger partial charge in [0.1, 0.15) is 0 Å². The standard InChI is InChI=1S/C19H31NO.C2H2O4/c1-3-20(4-2)15-9-14-19-13-8-7-11-17(19)16-10-5-6-12-18(16)21-19;3-1(4)2(5)6/h5-6,10,12,16-18H,3-4,7-9,11,13-15H2,1-2H3;(H,3,4)(H,5,6). The van der Waals surface area contributed by atoms with Crippen LogP contribution in [0.15, 0.2) is 24.3 Å². The number of rotatable bonds is 6. The summed E-state index contributed by atoms with van der Waals surface area (Å²) in [7, 11) is 0. The van der Waals surface area contributed by atoms with Crippen molar-refractivity contribution in [2.75, 3.05) is 19.6 Å². The summed E-state index contributed by atoms with van der Waals surface area (Å²) in [5.74, 6) is -2.25. The van der Waals surface area contributed by atoms with Gasteiger partial charge in [-0.3, -0.25) is 0 Å². The van der Waals surface area contributed by atoms with Gasteiger partial charge in [-0.25, -0.2) is 9.59 Å². The van der Waals surface area contributed by atoms with Gasteiger partial charge in [0.15, 0.2) is 0 Å². The fourth-order valence-corrected chi connectivity index (χ4v) is 4.79. The molecular weight excluding hydrogens is 346 g/mol. The van der Waals surface area contributed by atoms with E-state index in [1.54, 1.807) is 0 Å². The maximum atomic E-state index is 9.10. The number of carboxylic acids is 2. The first-order valence-electron chi connectivity index (χ1n) is 10.1. The third-order valence-electron chi connectivity index (χ3n) is 6.15. The van der Waals surface area contributed by atoms with Gasteiger partial charge in [0.05, 0.1) is 11.7 Å². The summed E-state index contributed by atoms with van der Waals surface area (Å²) in [5.41, 5.74) is 0.180. The molecule has 2 N–H and O–H groups in total. The molecule has 1 saturated carbocycles. The van der Waals surface area contributed by atoms with E-state index >= 15 is 0 Å². The molecule has 3 aliphatic rings. The van der Waals surface area contributed by atoms with E-state index in [0.717, 1.165) is 5.92 Å². The van der Waals surface area contributed by atoms with Crippen LogP contribution in [-0.2, 0) is 14.3 Å². The van der Waals surface area contributed by atoms with Crippen LogP contribution in [0.2, 0.25) is 0 Å². The molecule has 3 rings (SSSR count). The molecule has 0 spiro atoms. The highest BCUT2D eigenvalue weighted by Gasteiger charge is 2.53. The minimum atomic E-state index is -1.82. The molecule has 6 heteroatoms. The Kier molecular flexibility index (Phi) is 8.05. The Morgan fingerprint density at radius 3 is 2.41 bits per heavy atom. The fraction of sp³-hybridized carbons (Fsp3) is 0.714. The van der Waals surface area contributed by atoms with Crippen molar-refractivity contribution < 1.29 is 24.5 Å². The van der Waals surface area contributed by atoms with Gasteiger partial charge < -0.3 is 19.8 Å². The minimum Gasteiger partial charge on any atom is -0.473 e. The van der Waals surface area contributed by atoms with E-state index in [2.05, 4.69) is 43.1 Å². The molecule has 0 aromatic heterocycles. The molecular formula is C21H33NO5. The van der Waals surface area contributed by atoms with E-state index in [0.29, 0.717) is 12.0 Å². The van der Waals surface area contributed by atoms with Crippen molar-refractivity contribution in [3.05, 3.63) is 24.3 Å². The molecule has 4 unspecified atom stereocenters. The van der Waals surface area contributed by atoms with Crippen molar-refractivity contribution in [1.29, 1.82) is 0 Å². The summed E-state index contributed by atoms with van der Waals surface area (Å²) in [6, 6.07) is 0. The molecule has 2 aliphatic carbocycles. The van der Waals surface area contributed by atoms with Crippen LogP contribution in [0.1, 0.15) is 52.4 Å². The summed E-state index contributed by atoms with van der Waals surface area (Å²) in [6.45, 7) is 8.10. The van der Waals surface area contributed by atoms with Crippen LogP contribution in [0.25, 0.3) is 0 Å². The number of hydrogen-bond acceptors (Lipinski definition) is 4. The lowest BCUT2D eigenvalue weighted by Crippen LogP contribution is -2.40. The van der Waals surface area contributed by atoms with Gasteiger partial charge in [0, 0.05) is 5.92 Å². The maximum Gasteiger partial charge on any atom is 0.414 e. The van der Waals surface area contributed by atoms with Gasteiger partial charge >= 0.3 is 11.9 Å². The van der Waals surface area contributed by atoms with E-state index in [4.69, 9.17) is 24.5 Å². The van der Waals surface area contributed by atoms with E-state index < -0.39 is 11.9 Å². The summed E-state index contributed by atoms with van der Waals surface area (Å²) in [5, 5.41) is 14.8. The van der Waals surface area contributed by atoms with Gasteiger partial charge in [-0.1, -0.05) is 51.0 Å². The highest BCUT2D eigenvalue weighted by Crippen LogP contribution is 2.52. The minimum absolute atomic E-state index is 0.180. The van der Waals surface area contributed by atoms with Crippen LogP contribution in [0.3, 0.4) is 0 Å². The number of carboxylic acid groups (broad SMARTS) is 2. The van der Waals surface area contributed by atoms with E-state index in [1.165, 1.54) is 58.2 Å². The second kappa shape index (κ2) is 10.0. The summed E-state index contributed by atoms with van der Waals surface area (Å²) in [6.07, 6.45) is 17.4. The lowest BCUT2D eigenvalue weighted by atomic mass is 9.68. The third-order valence-corrected chi connectivity index (χ3v) is 6.15. The largest absolute Gasteiger partial charge is 0.473 e. The number of ether oxygens (including phenoxy) is 1. The molecule has 2 fully saturated rings. The van der Waals surface area contributed by atoms with Crippen molar-refractivity contribution in [3.63, 3.8) is 0 Å². The average Bonchev–Trinajstić information content (AvgIpc) is 3.00. The van der Waals surface area contributed by atoms with Gasteiger partial charge in [0.25, 0.3) is 0 Å². The van der Waals surface area contributed by atoms with Crippen molar-refractivity contribution >= 4 is 11.9 Å². The maximum absolute atomic E-state index is 9.10. The van der Waals surface area contributed by atoms with Crippen molar-refractivity contribution in [3.8, 4) is 0 Å². The molecule has 0 radical (unpaired) electrons. The zero-order chi connectivity index (χ0) is 19.9. The van der Waals surface area contributed by atoms with E-state index in [9.17, 15) is 0 Å². The van der Waals surface area contributed by atoms with E-state index in [1.807, 2.05) is 0 Å². The monoisotopic (exact) mass is 379 g/mol. The SMILES string of the molecule is CCN(CC)CCCC12CCCCC1C1C=CC=CC1O2.O=C(O)C(=O)O. The lowest BCUT2D eigenvalue weighted by molar-refractivity contribution is -0.159. The normalized spacial score (nSPS) is 31.0. The first-order chi connectivity index (χ1) is 12.9. The molecule has 4 atom stereocenters. The molecule has 0 amide bonds. The first-order valence-corrected chi connectivity index (χ1v) is 10.1. The van der Waals surface area contributed by atoms with Crippen LogP contribution >= 0.6 is 0 Å². The molecule has 1 aliphatic heterocycles. The summed E-state index contributed by atoms with van der Waals surface area (Å²) >= 11 is 0. The van der Waals surface area contributed by atoms with Crippen LogP contribution < -0.4 is 0 Å². The molecule has 0 aromatic carbocycles. The van der Waals surface area contributed by atoms with Crippen LogP contribution in [0, 0.1) is 11.8 Å². The van der Waals surface area contributed by atoms with Crippen molar-refractivity contribution in [2.24, 2.45) is 11.8 Å². The first kappa shape index (κ1) is 21.6. The lowest BCUT2D eigenvalue weighted by Gasteiger charge is -2.40. The highest BCUT2D eigenvalue weighted by molar-refractivity contribution is 6.27. The zero-order valence-corrected chi connectivity index (χ0v) is 16.5. The zero-order valence-electron chi connectivity index (χ0n) is 16.5. The molecule has 152 valence electrons. The third kappa shape index (κ3) is 5.42. The number of hydrogen-bond donors (Lipinski definition) is 2. The molecule has 0 bridgehead atoms. The van der Waals surface area contributed by atoms with Gasteiger partial charge in [-0.2, -0.15) is 0 Å². The number of allylic oxidation sites excluding steroid dienone is 2. The Bertz CT molecular complexity index is 557. The predicted molar refractivity (Wildman–Crippen MR) is 104 cm³/mol. The Balaban J connectivity index is 0.000000380. The smallest absolute Gasteiger partial charge is 0.414 e. The quantitative estimate of drug-likeness (QED) is 0.689. The average molecular weight is 379 g/mol. The molecule has 1 heterocycles.